The van der Waals surface area contributed by atoms with E-state index < -0.39 is 6.04 Å². The second-order valence-corrected chi connectivity index (χ2v) is 3.91. The van der Waals surface area contributed by atoms with Gasteiger partial charge in [0.1, 0.15) is 6.04 Å². The van der Waals surface area contributed by atoms with Crippen molar-refractivity contribution in [2.75, 3.05) is 6.54 Å². The molecule has 7 nitrogen and oxygen atoms in total. The van der Waals surface area contributed by atoms with Gasteiger partial charge in [-0.3, -0.25) is 15.0 Å². The molecule has 0 fully saturated rings. The molecule has 0 saturated carbocycles. The molecule has 0 heterocycles. The molecule has 0 spiro atoms. The summed E-state index contributed by atoms with van der Waals surface area (Å²) in [5, 5.41) is 7.57. The molecular formula is C12H16N4O3. The molecule has 0 aliphatic carbocycles. The average Bonchev–Trinajstić information content (AvgIpc) is 2.41. The van der Waals surface area contributed by atoms with Crippen LogP contribution in [0.3, 0.4) is 0 Å². The van der Waals surface area contributed by atoms with E-state index in [0.29, 0.717) is 6.54 Å². The number of hydrogen-bond acceptors (Lipinski definition) is 4. The van der Waals surface area contributed by atoms with E-state index in [1.807, 2.05) is 30.3 Å². The third-order valence-electron chi connectivity index (χ3n) is 2.36. The highest BCUT2D eigenvalue weighted by Gasteiger charge is 2.18. The minimum absolute atomic E-state index is 0.0519. The van der Waals surface area contributed by atoms with E-state index >= 15 is 0 Å². The summed E-state index contributed by atoms with van der Waals surface area (Å²) in [6.07, 6.45) is 0. The van der Waals surface area contributed by atoms with Crippen LogP contribution >= 0.6 is 0 Å². The monoisotopic (exact) mass is 264 g/mol. The average molecular weight is 264 g/mol. The number of nitroso groups, excluding NO2 is 1. The van der Waals surface area contributed by atoms with Gasteiger partial charge in [0.05, 0.1) is 6.54 Å². The molecule has 19 heavy (non-hydrogen) atoms. The van der Waals surface area contributed by atoms with E-state index in [-0.39, 0.29) is 18.4 Å². The Morgan fingerprint density at radius 3 is 2.53 bits per heavy atom. The molecule has 0 radical (unpaired) electrons. The van der Waals surface area contributed by atoms with Crippen LogP contribution in [0.4, 0.5) is 0 Å². The first kappa shape index (κ1) is 14.6. The van der Waals surface area contributed by atoms with Gasteiger partial charge >= 0.3 is 0 Å². The quantitative estimate of drug-likeness (QED) is 0.479. The molecule has 2 amide bonds. The molecule has 1 aromatic rings. The normalized spacial score (nSPS) is 11.2. The largest absolute Gasteiger partial charge is 0.350 e. The number of benzene rings is 1. The Kier molecular flexibility index (Phi) is 6.00. The molecule has 102 valence electrons. The molecular weight excluding hydrogens is 248 g/mol. The van der Waals surface area contributed by atoms with E-state index in [4.69, 9.17) is 0 Å². The fraction of sp³-hybridized carbons (Fsp3) is 0.333. The maximum atomic E-state index is 11.8. The summed E-state index contributed by atoms with van der Waals surface area (Å²) in [6.45, 7) is 1.60. The lowest BCUT2D eigenvalue weighted by molar-refractivity contribution is -0.128. The molecule has 1 rings (SSSR count). The van der Waals surface area contributed by atoms with Crippen LogP contribution in [-0.4, -0.2) is 24.4 Å². The molecule has 7 heteroatoms. The Bertz CT molecular complexity index is 436. The van der Waals surface area contributed by atoms with Crippen LogP contribution in [0.1, 0.15) is 12.5 Å². The van der Waals surface area contributed by atoms with Gasteiger partial charge in [-0.05, 0) is 5.56 Å². The smallest absolute Gasteiger partial charge is 0.244 e. The van der Waals surface area contributed by atoms with E-state index in [2.05, 4.69) is 21.3 Å². The lowest BCUT2D eigenvalue weighted by atomic mass is 10.2. The predicted molar refractivity (Wildman–Crippen MR) is 69.7 cm³/mol. The summed E-state index contributed by atoms with van der Waals surface area (Å²) in [6, 6.07) is 8.53. The van der Waals surface area contributed by atoms with Gasteiger partial charge in [0, 0.05) is 18.8 Å². The van der Waals surface area contributed by atoms with Crippen LogP contribution in [0.15, 0.2) is 35.6 Å². The second kappa shape index (κ2) is 7.80. The Hall–Kier alpha value is -2.44. The second-order valence-electron chi connectivity index (χ2n) is 3.91. The Balaban J connectivity index is 2.51. The minimum atomic E-state index is -0.834. The third kappa shape index (κ3) is 5.62. The van der Waals surface area contributed by atoms with Crippen molar-refractivity contribution < 1.29 is 9.59 Å². The molecule has 0 aliphatic rings. The zero-order valence-corrected chi connectivity index (χ0v) is 10.6. The summed E-state index contributed by atoms with van der Waals surface area (Å²) in [5.41, 5.74) is 3.07. The molecule has 1 unspecified atom stereocenters. The van der Waals surface area contributed by atoms with Crippen molar-refractivity contribution in [1.29, 1.82) is 0 Å². The van der Waals surface area contributed by atoms with Crippen LogP contribution < -0.4 is 16.1 Å². The van der Waals surface area contributed by atoms with E-state index in [9.17, 15) is 14.5 Å². The van der Waals surface area contributed by atoms with Gasteiger partial charge in [0.15, 0.2) is 0 Å². The Labute approximate surface area is 110 Å². The number of rotatable bonds is 7. The number of hydrogen-bond donors (Lipinski definition) is 3. The highest BCUT2D eigenvalue weighted by molar-refractivity contribution is 5.87. The molecule has 1 aromatic carbocycles. The van der Waals surface area contributed by atoms with Crippen LogP contribution in [-0.2, 0) is 16.1 Å². The molecule has 0 bridgehead atoms. The number of amides is 2. The molecule has 1 atom stereocenters. The van der Waals surface area contributed by atoms with Crippen LogP contribution in [0.5, 0.6) is 0 Å². The van der Waals surface area contributed by atoms with Crippen molar-refractivity contribution in [3.63, 3.8) is 0 Å². The molecule has 0 saturated heterocycles. The Morgan fingerprint density at radius 1 is 1.26 bits per heavy atom. The van der Waals surface area contributed by atoms with Crippen molar-refractivity contribution >= 4 is 11.8 Å². The van der Waals surface area contributed by atoms with Crippen molar-refractivity contribution in [1.82, 2.24) is 16.1 Å². The van der Waals surface area contributed by atoms with Gasteiger partial charge in [-0.15, -0.1) is 4.91 Å². The van der Waals surface area contributed by atoms with E-state index in [0.717, 1.165) is 5.56 Å². The summed E-state index contributed by atoms with van der Waals surface area (Å²) in [7, 11) is 0. The fourth-order valence-electron chi connectivity index (χ4n) is 1.49. The van der Waals surface area contributed by atoms with Gasteiger partial charge in [0.25, 0.3) is 0 Å². The van der Waals surface area contributed by atoms with Crippen LogP contribution in [0.2, 0.25) is 0 Å². The van der Waals surface area contributed by atoms with Gasteiger partial charge in [-0.1, -0.05) is 30.3 Å². The SMILES string of the molecule is CC(=O)NC(CNN=O)C(=O)NCc1ccccc1. The minimum Gasteiger partial charge on any atom is -0.350 e. The van der Waals surface area contributed by atoms with Crippen LogP contribution in [0, 0.1) is 4.91 Å². The number of nitrogens with one attached hydrogen (secondary N) is 3. The number of carbonyl (C=O) groups is 2. The summed E-state index contributed by atoms with van der Waals surface area (Å²) >= 11 is 0. The fourth-order valence-corrected chi connectivity index (χ4v) is 1.49. The lowest BCUT2D eigenvalue weighted by Crippen LogP contribution is -2.50. The van der Waals surface area contributed by atoms with E-state index in [1.54, 1.807) is 0 Å². The molecule has 0 aromatic heterocycles. The summed E-state index contributed by atoms with van der Waals surface area (Å²) in [5.74, 6) is -0.734. The molecule has 0 aliphatic heterocycles. The highest BCUT2D eigenvalue weighted by Crippen LogP contribution is 1.97. The topological polar surface area (TPSA) is 99.7 Å². The zero-order valence-electron chi connectivity index (χ0n) is 10.6. The summed E-state index contributed by atoms with van der Waals surface area (Å²) < 4.78 is 0. The van der Waals surface area contributed by atoms with Gasteiger partial charge in [-0.25, -0.2) is 0 Å². The van der Waals surface area contributed by atoms with Gasteiger partial charge in [-0.2, -0.15) is 0 Å². The number of carbonyl (C=O) groups excluding carboxylic acids is 2. The third-order valence-corrected chi connectivity index (χ3v) is 2.36. The summed E-state index contributed by atoms with van der Waals surface area (Å²) in [4.78, 5) is 32.8. The van der Waals surface area contributed by atoms with Crippen LogP contribution in [0.25, 0.3) is 0 Å². The first-order valence-corrected chi connectivity index (χ1v) is 5.77. The van der Waals surface area contributed by atoms with E-state index in [1.165, 1.54) is 6.92 Å². The van der Waals surface area contributed by atoms with Crippen molar-refractivity contribution in [3.8, 4) is 0 Å². The standard InChI is InChI=1S/C12H16N4O3/c1-9(17)15-11(8-14-16-19)12(18)13-7-10-5-3-2-4-6-10/h2-6,11H,7-8H2,1H3,(H,13,18)(H,14,19)(H,15,17). The Morgan fingerprint density at radius 2 is 1.95 bits per heavy atom. The first-order chi connectivity index (χ1) is 9.13. The maximum absolute atomic E-state index is 11.8. The predicted octanol–water partition coefficient (Wildman–Crippen LogP) is 0.0785. The van der Waals surface area contributed by atoms with Crippen molar-refractivity contribution in [2.24, 2.45) is 5.29 Å². The van der Waals surface area contributed by atoms with Crippen molar-refractivity contribution in [3.05, 3.63) is 40.8 Å². The van der Waals surface area contributed by atoms with Crippen molar-refractivity contribution in [2.45, 2.75) is 19.5 Å². The first-order valence-electron chi connectivity index (χ1n) is 5.77. The maximum Gasteiger partial charge on any atom is 0.244 e. The molecule has 3 N–H and O–H groups in total. The van der Waals surface area contributed by atoms with Gasteiger partial charge < -0.3 is 10.6 Å². The number of nitrogens with zero attached hydrogens (tertiary/aromatic N) is 1. The van der Waals surface area contributed by atoms with Gasteiger partial charge in [0.2, 0.25) is 11.8 Å². The lowest BCUT2D eigenvalue weighted by Gasteiger charge is -2.16. The highest BCUT2D eigenvalue weighted by atomic mass is 16.3. The zero-order chi connectivity index (χ0) is 14.1.